The minimum absolute atomic E-state index is 0.867. The van der Waals surface area contributed by atoms with Gasteiger partial charge in [-0.3, -0.25) is 0 Å². The van der Waals surface area contributed by atoms with E-state index in [1.807, 2.05) is 10.8 Å². The smallest absolute Gasteiger partial charge is 0.125 e. The maximum Gasteiger partial charge on any atom is 0.125 e. The third-order valence-corrected chi connectivity index (χ3v) is 2.15. The molecule has 0 aliphatic rings. The molecule has 2 rings (SSSR count). The molecule has 0 atom stereocenters. The van der Waals surface area contributed by atoms with Crippen LogP contribution in [0, 0.1) is 0 Å². The Balaban J connectivity index is 2.48. The van der Waals surface area contributed by atoms with Crippen LogP contribution in [0.25, 0.3) is 11.4 Å². The molecule has 5 heteroatoms. The molecule has 0 bridgehead atoms. The van der Waals surface area contributed by atoms with Gasteiger partial charge in [-0.05, 0) is 11.5 Å². The van der Waals surface area contributed by atoms with E-state index < -0.39 is 0 Å². The van der Waals surface area contributed by atoms with Crippen molar-refractivity contribution in [2.24, 2.45) is 0 Å². The van der Waals surface area contributed by atoms with Gasteiger partial charge in [0.05, 0.1) is 5.51 Å². The summed E-state index contributed by atoms with van der Waals surface area (Å²) in [5, 5.41) is 7.71. The predicted molar refractivity (Wildman–Crippen MR) is 41.0 cm³/mol. The highest BCUT2D eigenvalue weighted by atomic mass is 32.1. The molecule has 2 heterocycles. The zero-order valence-corrected chi connectivity index (χ0v) is 6.52. The average molecular weight is 169 g/mol. The summed E-state index contributed by atoms with van der Waals surface area (Å²) in [4.78, 5) is 4.08. The van der Waals surface area contributed by atoms with E-state index in [0.717, 1.165) is 11.4 Å². The van der Waals surface area contributed by atoms with Gasteiger partial charge in [-0.15, -0.1) is 16.4 Å². The monoisotopic (exact) mass is 169 g/mol. The van der Waals surface area contributed by atoms with Crippen LogP contribution in [-0.4, -0.2) is 14.6 Å². The zero-order chi connectivity index (χ0) is 6.81. The summed E-state index contributed by atoms with van der Waals surface area (Å²) >= 11 is 2.90. The lowest BCUT2D eigenvalue weighted by Gasteiger charge is -1.80. The van der Waals surface area contributed by atoms with Crippen LogP contribution < -0.4 is 0 Å². The van der Waals surface area contributed by atoms with Crippen molar-refractivity contribution in [1.29, 1.82) is 0 Å². The van der Waals surface area contributed by atoms with Crippen molar-refractivity contribution < 1.29 is 0 Å². The molecule has 2 aromatic rings. The Labute approximate surface area is 65.5 Å². The molecule has 0 aliphatic heterocycles. The fourth-order valence-electron chi connectivity index (χ4n) is 0.615. The van der Waals surface area contributed by atoms with E-state index in [-0.39, 0.29) is 0 Å². The van der Waals surface area contributed by atoms with Gasteiger partial charge >= 0.3 is 0 Å². The van der Waals surface area contributed by atoms with Gasteiger partial charge in [0.25, 0.3) is 0 Å². The highest BCUT2D eigenvalue weighted by molar-refractivity contribution is 7.08. The SMILES string of the molecule is c1nc(-c2csnn2)cs1. The molecular formula is C5H3N3S2. The number of nitrogens with zero attached hydrogens (tertiary/aromatic N) is 3. The third-order valence-electron chi connectivity index (χ3n) is 1.05. The van der Waals surface area contributed by atoms with Crippen LogP contribution in [0.5, 0.6) is 0 Å². The van der Waals surface area contributed by atoms with Gasteiger partial charge in [0, 0.05) is 10.8 Å². The fraction of sp³-hybridized carbons (Fsp3) is 0. The number of hydrogen-bond donors (Lipinski definition) is 0. The van der Waals surface area contributed by atoms with Crippen molar-refractivity contribution in [2.45, 2.75) is 0 Å². The third kappa shape index (κ3) is 0.932. The Bertz CT molecular complexity index is 254. The standard InChI is InChI=1S/C5H3N3S2/c1-4(6-3-9-1)5-2-10-8-7-5/h1-3H. The highest BCUT2D eigenvalue weighted by Crippen LogP contribution is 2.16. The first-order valence-corrected chi connectivity index (χ1v) is 4.40. The predicted octanol–water partition coefficient (Wildman–Crippen LogP) is 1.66. The minimum Gasteiger partial charge on any atom is -0.243 e. The number of rotatable bonds is 1. The van der Waals surface area contributed by atoms with Gasteiger partial charge in [-0.2, -0.15) is 0 Å². The van der Waals surface area contributed by atoms with Gasteiger partial charge in [0.15, 0.2) is 0 Å². The molecule has 0 N–H and O–H groups in total. The Morgan fingerprint density at radius 2 is 2.20 bits per heavy atom. The maximum absolute atomic E-state index is 4.08. The lowest BCUT2D eigenvalue weighted by Crippen LogP contribution is -1.74. The summed E-state index contributed by atoms with van der Waals surface area (Å²) in [5.41, 5.74) is 3.57. The number of hydrogen-bond acceptors (Lipinski definition) is 5. The Hall–Kier alpha value is -0.810. The van der Waals surface area contributed by atoms with E-state index in [4.69, 9.17) is 0 Å². The first kappa shape index (κ1) is 5.94. The molecule has 0 unspecified atom stereocenters. The molecule has 0 aromatic carbocycles. The minimum atomic E-state index is 0.867. The largest absolute Gasteiger partial charge is 0.243 e. The topological polar surface area (TPSA) is 38.7 Å². The summed E-state index contributed by atoms with van der Waals surface area (Å²) in [6.45, 7) is 0. The summed E-state index contributed by atoms with van der Waals surface area (Å²) in [6.07, 6.45) is 0. The molecule has 50 valence electrons. The summed E-state index contributed by atoms with van der Waals surface area (Å²) in [7, 11) is 0. The lowest BCUT2D eigenvalue weighted by atomic mass is 10.4. The lowest BCUT2D eigenvalue weighted by molar-refractivity contribution is 1.15. The number of aromatic nitrogens is 3. The van der Waals surface area contributed by atoms with E-state index in [1.165, 1.54) is 11.5 Å². The van der Waals surface area contributed by atoms with Gasteiger partial charge in [0.1, 0.15) is 11.4 Å². The highest BCUT2D eigenvalue weighted by Gasteiger charge is 2.00. The van der Waals surface area contributed by atoms with E-state index in [9.17, 15) is 0 Å². The zero-order valence-electron chi connectivity index (χ0n) is 4.89. The van der Waals surface area contributed by atoms with Crippen molar-refractivity contribution in [2.75, 3.05) is 0 Å². The van der Waals surface area contributed by atoms with Gasteiger partial charge in [0.2, 0.25) is 0 Å². The molecule has 0 saturated heterocycles. The normalized spacial score (nSPS) is 10.0. The molecule has 0 fully saturated rings. The van der Waals surface area contributed by atoms with Crippen LogP contribution in [0.3, 0.4) is 0 Å². The molecule has 0 radical (unpaired) electrons. The molecule has 0 spiro atoms. The molecule has 10 heavy (non-hydrogen) atoms. The molecule has 0 amide bonds. The van der Waals surface area contributed by atoms with Crippen molar-refractivity contribution in [3.8, 4) is 11.4 Å². The van der Waals surface area contributed by atoms with Crippen molar-refractivity contribution in [3.63, 3.8) is 0 Å². The van der Waals surface area contributed by atoms with Crippen LogP contribution in [0.2, 0.25) is 0 Å². The second-order valence-electron chi connectivity index (χ2n) is 1.66. The molecule has 2 aromatic heterocycles. The van der Waals surface area contributed by atoms with E-state index in [1.54, 1.807) is 16.8 Å². The second-order valence-corrected chi connectivity index (χ2v) is 2.99. The van der Waals surface area contributed by atoms with E-state index in [0.29, 0.717) is 0 Å². The summed E-state index contributed by atoms with van der Waals surface area (Å²) in [5.74, 6) is 0. The average Bonchev–Trinajstić information content (AvgIpc) is 2.59. The molecule has 0 aliphatic carbocycles. The van der Waals surface area contributed by atoms with Gasteiger partial charge < -0.3 is 0 Å². The quantitative estimate of drug-likeness (QED) is 0.651. The Morgan fingerprint density at radius 3 is 2.80 bits per heavy atom. The van der Waals surface area contributed by atoms with Crippen LogP contribution >= 0.6 is 22.9 Å². The first-order chi connectivity index (χ1) is 4.97. The summed E-state index contributed by atoms with van der Waals surface area (Å²) < 4.78 is 3.73. The molecule has 0 saturated carbocycles. The van der Waals surface area contributed by atoms with Crippen LogP contribution in [-0.2, 0) is 0 Å². The van der Waals surface area contributed by atoms with Crippen LogP contribution in [0.15, 0.2) is 16.3 Å². The molecular weight excluding hydrogens is 166 g/mol. The van der Waals surface area contributed by atoms with Crippen LogP contribution in [0.1, 0.15) is 0 Å². The van der Waals surface area contributed by atoms with Crippen LogP contribution in [0.4, 0.5) is 0 Å². The second kappa shape index (κ2) is 2.43. The summed E-state index contributed by atoms with van der Waals surface area (Å²) in [6, 6.07) is 0. The van der Waals surface area contributed by atoms with Crippen molar-refractivity contribution in [3.05, 3.63) is 16.3 Å². The van der Waals surface area contributed by atoms with E-state index >= 15 is 0 Å². The van der Waals surface area contributed by atoms with E-state index in [2.05, 4.69) is 14.6 Å². The van der Waals surface area contributed by atoms with Gasteiger partial charge in [-0.25, -0.2) is 4.98 Å². The Kier molecular flexibility index (Phi) is 1.44. The fourth-order valence-corrected chi connectivity index (χ4v) is 1.61. The van der Waals surface area contributed by atoms with Crippen molar-refractivity contribution >= 4 is 22.9 Å². The number of thiazole rings is 1. The van der Waals surface area contributed by atoms with Crippen molar-refractivity contribution in [1.82, 2.24) is 14.6 Å². The molecule has 3 nitrogen and oxygen atoms in total. The van der Waals surface area contributed by atoms with Gasteiger partial charge in [-0.1, -0.05) is 4.49 Å². The first-order valence-electron chi connectivity index (χ1n) is 2.62. The maximum atomic E-state index is 4.08. The Morgan fingerprint density at radius 1 is 1.20 bits per heavy atom.